The SMILES string of the molecule is COc1cc(/C=C/C(=O)/C(Cc2cn(CCCCCCNC(=O)CCNC(=O)CO[C@H]3CC[C@@]4(C)C(=CC[C@H]5[C@@H]6CC[C@H]([C@H](C)CCCC(C)C)[C@@]6(C)CC[C@@H]54)C3)nn2)=C(O)/C=C/c2ccc(O)c(OC)c2)ccc1O. The number of nitrogens with one attached hydrogen (secondary N) is 2. The number of aliphatic hydroxyl groups is 1. The lowest BCUT2D eigenvalue weighted by atomic mass is 9.47. The number of benzene rings is 2. The van der Waals surface area contributed by atoms with Crippen LogP contribution in [0.2, 0.25) is 0 Å². The van der Waals surface area contributed by atoms with Crippen molar-refractivity contribution in [3.05, 3.63) is 94.5 Å². The largest absolute Gasteiger partial charge is 0.508 e. The third kappa shape index (κ3) is 14.8. The first-order chi connectivity index (χ1) is 36.5. The van der Waals surface area contributed by atoms with E-state index in [1.54, 1.807) is 52.9 Å². The number of nitrogens with zero attached hydrogens (tertiary/aromatic N) is 3. The molecule has 14 heteroatoms. The Morgan fingerprint density at radius 1 is 0.816 bits per heavy atom. The van der Waals surface area contributed by atoms with Gasteiger partial charge in [0.2, 0.25) is 11.8 Å². The molecule has 0 spiro atoms. The number of amides is 2. The van der Waals surface area contributed by atoms with Crippen molar-refractivity contribution in [3.63, 3.8) is 0 Å². The molecule has 7 rings (SSSR count). The van der Waals surface area contributed by atoms with E-state index in [1.807, 2.05) is 0 Å². The van der Waals surface area contributed by atoms with E-state index in [2.05, 4.69) is 61.6 Å². The minimum atomic E-state index is -0.453. The van der Waals surface area contributed by atoms with Crippen molar-refractivity contribution in [2.45, 2.75) is 156 Å². The number of ketones is 1. The molecule has 1 aromatic heterocycles. The fourth-order valence-electron chi connectivity index (χ4n) is 13.6. The fourth-order valence-corrected chi connectivity index (χ4v) is 13.6. The van der Waals surface area contributed by atoms with Gasteiger partial charge in [0, 0.05) is 44.2 Å². The zero-order valence-corrected chi connectivity index (χ0v) is 46.5. The summed E-state index contributed by atoms with van der Waals surface area (Å²) < 4.78 is 18.3. The number of methoxy groups -OCH3 is 2. The highest BCUT2D eigenvalue weighted by molar-refractivity contribution is 6.07. The van der Waals surface area contributed by atoms with E-state index in [9.17, 15) is 29.7 Å². The Morgan fingerprint density at radius 3 is 2.22 bits per heavy atom. The molecule has 4 aliphatic carbocycles. The quantitative estimate of drug-likeness (QED) is 0.0160. The number of carbonyl (C=O) groups excluding carboxylic acids is 3. The van der Waals surface area contributed by atoms with E-state index in [-0.39, 0.29) is 83.7 Å². The summed E-state index contributed by atoms with van der Waals surface area (Å²) in [6.45, 7) is 13.9. The predicted octanol–water partition coefficient (Wildman–Crippen LogP) is 11.7. The van der Waals surface area contributed by atoms with Crippen LogP contribution in [0.1, 0.15) is 154 Å². The zero-order valence-electron chi connectivity index (χ0n) is 46.5. The number of rotatable bonds is 27. The van der Waals surface area contributed by atoms with Gasteiger partial charge < -0.3 is 40.2 Å². The number of phenols is 2. The van der Waals surface area contributed by atoms with Gasteiger partial charge in [-0.3, -0.25) is 19.1 Å². The first kappa shape index (κ1) is 57.8. The second kappa shape index (κ2) is 26.9. The Labute approximate surface area is 451 Å². The molecule has 0 unspecified atom stereocenters. The molecule has 0 radical (unpaired) electrons. The summed E-state index contributed by atoms with van der Waals surface area (Å²) in [5.74, 6) is 4.36. The number of carbonyl (C=O) groups is 3. The fraction of sp³-hybridized carbons (Fsp3) is 0.597. The van der Waals surface area contributed by atoms with Crippen LogP contribution >= 0.6 is 0 Å². The predicted molar refractivity (Wildman–Crippen MR) is 298 cm³/mol. The van der Waals surface area contributed by atoms with Crippen LogP contribution in [0.25, 0.3) is 12.2 Å². The third-order valence-electron chi connectivity index (χ3n) is 17.8. The monoisotopic (exact) mass is 1050 g/mol. The Hall–Kier alpha value is -5.89. The average Bonchev–Trinajstić information content (AvgIpc) is 4.04. The van der Waals surface area contributed by atoms with E-state index >= 15 is 0 Å². The van der Waals surface area contributed by atoms with Gasteiger partial charge in [0.25, 0.3) is 0 Å². The van der Waals surface area contributed by atoms with Crippen molar-refractivity contribution in [1.29, 1.82) is 0 Å². The summed E-state index contributed by atoms with van der Waals surface area (Å²) in [7, 11) is 2.88. The van der Waals surface area contributed by atoms with Crippen molar-refractivity contribution in [3.8, 4) is 23.0 Å². The van der Waals surface area contributed by atoms with Crippen LogP contribution in [0.4, 0.5) is 0 Å². The van der Waals surface area contributed by atoms with Crippen LogP contribution in [0.3, 0.4) is 0 Å². The number of allylic oxidation sites excluding steroid dienone is 4. The first-order valence-electron chi connectivity index (χ1n) is 28.3. The Balaban J connectivity index is 0.779. The van der Waals surface area contributed by atoms with E-state index in [0.29, 0.717) is 35.3 Å². The molecule has 3 saturated carbocycles. The maximum atomic E-state index is 13.6. The molecule has 8 atom stereocenters. The summed E-state index contributed by atoms with van der Waals surface area (Å²) in [6.07, 6.45) is 27.9. The minimum absolute atomic E-state index is 0.00650. The van der Waals surface area contributed by atoms with E-state index in [1.165, 1.54) is 89.9 Å². The molecule has 0 aliphatic heterocycles. The molecular weight excluding hydrogens is 959 g/mol. The zero-order chi connectivity index (χ0) is 54.4. The molecular formula is C62H87N5O9. The van der Waals surface area contributed by atoms with Gasteiger partial charge in [0.15, 0.2) is 28.8 Å². The number of aliphatic hydroxyl groups excluding tert-OH is 1. The van der Waals surface area contributed by atoms with Crippen LogP contribution in [0.5, 0.6) is 23.0 Å². The van der Waals surface area contributed by atoms with Crippen LogP contribution in [-0.2, 0) is 32.1 Å². The molecule has 1 heterocycles. The maximum Gasteiger partial charge on any atom is 0.246 e. The highest BCUT2D eigenvalue weighted by Crippen LogP contribution is 2.67. The number of unbranched alkanes of at least 4 members (excludes halogenated alkanes) is 3. The topological polar surface area (TPSA) is 194 Å². The summed E-state index contributed by atoms with van der Waals surface area (Å²) in [5, 5.41) is 45.6. The third-order valence-corrected chi connectivity index (χ3v) is 17.8. The molecule has 2 amide bonds. The Kier molecular flexibility index (Phi) is 20.5. The van der Waals surface area contributed by atoms with Gasteiger partial charge in [0.1, 0.15) is 12.4 Å². The molecule has 4 aliphatic rings. The highest BCUT2D eigenvalue weighted by atomic mass is 16.5. The Morgan fingerprint density at radius 2 is 1.51 bits per heavy atom. The van der Waals surface area contributed by atoms with E-state index in [4.69, 9.17) is 14.2 Å². The molecule has 14 nitrogen and oxygen atoms in total. The lowest BCUT2D eigenvalue weighted by molar-refractivity contribution is -0.129. The van der Waals surface area contributed by atoms with Crippen molar-refractivity contribution in [2.24, 2.45) is 46.3 Å². The number of fused-ring (bicyclic) bond motifs is 5. The van der Waals surface area contributed by atoms with Crippen LogP contribution < -0.4 is 20.1 Å². The number of aromatic hydroxyl groups is 2. The summed E-state index contributed by atoms with van der Waals surface area (Å²) in [4.78, 5) is 39.0. The van der Waals surface area contributed by atoms with Gasteiger partial charge in [-0.1, -0.05) is 108 Å². The molecule has 0 saturated heterocycles. The number of phenolic OH excluding ortho intramolecular Hbond substituents is 2. The molecule has 3 fully saturated rings. The summed E-state index contributed by atoms with van der Waals surface area (Å²) in [5.41, 5.74) is 4.12. The van der Waals surface area contributed by atoms with Crippen molar-refractivity contribution < 1.29 is 43.9 Å². The first-order valence-corrected chi connectivity index (χ1v) is 28.3. The molecule has 5 N–H and O–H groups in total. The second-order valence-electron chi connectivity index (χ2n) is 23.2. The Bertz CT molecular complexity index is 2580. The molecule has 2 aromatic carbocycles. The second-order valence-corrected chi connectivity index (χ2v) is 23.2. The molecule has 414 valence electrons. The van der Waals surface area contributed by atoms with Crippen molar-refractivity contribution in [2.75, 3.05) is 33.9 Å². The van der Waals surface area contributed by atoms with Crippen LogP contribution in [0.15, 0.2) is 77.7 Å². The van der Waals surface area contributed by atoms with E-state index in [0.717, 1.165) is 80.5 Å². The maximum absolute atomic E-state index is 13.6. The number of aryl methyl sites for hydroxylation is 1. The highest BCUT2D eigenvalue weighted by Gasteiger charge is 2.59. The average molecular weight is 1050 g/mol. The van der Waals surface area contributed by atoms with Crippen LogP contribution in [-0.4, -0.2) is 87.9 Å². The standard InChI is InChI=1S/C62H87N5O9/c1-41(2)13-12-14-42(3)50-21-22-51-48-20-19-45-37-47(27-30-61(45,4)52(48)28-31-62(50,51)5)76-40-60(73)64-33-29-59(72)63-32-10-8-9-11-34-67-39-46(65-66-67)38-49(53(68)23-15-43-17-25-55(70)57(35-43)74-6)54(69)24-16-44-18-26-56(71)58(36-44)75-7/h15-19,23-26,35-36,39,41-42,47-48,50-52,68,70-71H,8-14,20-22,27-34,37-38,40H2,1-7H3,(H,63,72)(H,64,73)/b23-15+,24-16+,53-49-/t42-,47+,48+,50-,51+,52+,61+,62-/m1/s1. The van der Waals surface area contributed by atoms with E-state index < -0.39 is 5.78 Å². The van der Waals surface area contributed by atoms with Gasteiger partial charge >= 0.3 is 0 Å². The van der Waals surface area contributed by atoms with Gasteiger partial charge in [-0.15, -0.1) is 5.10 Å². The van der Waals surface area contributed by atoms with Crippen molar-refractivity contribution in [1.82, 2.24) is 25.6 Å². The summed E-state index contributed by atoms with van der Waals surface area (Å²) in [6, 6.07) is 9.43. The number of aromatic nitrogens is 3. The number of hydrogen-bond acceptors (Lipinski definition) is 11. The van der Waals surface area contributed by atoms with Gasteiger partial charge in [-0.25, -0.2) is 0 Å². The van der Waals surface area contributed by atoms with Gasteiger partial charge in [-0.05, 0) is 158 Å². The molecule has 76 heavy (non-hydrogen) atoms. The number of hydrogen-bond donors (Lipinski definition) is 5. The van der Waals surface area contributed by atoms with Gasteiger partial charge in [-0.2, -0.15) is 0 Å². The number of ether oxygens (including phenoxy) is 3. The van der Waals surface area contributed by atoms with Crippen molar-refractivity contribution >= 4 is 29.7 Å². The molecule has 0 bridgehead atoms. The minimum Gasteiger partial charge on any atom is -0.508 e. The lowest BCUT2D eigenvalue weighted by Gasteiger charge is -2.58. The smallest absolute Gasteiger partial charge is 0.246 e. The van der Waals surface area contributed by atoms with Gasteiger partial charge in [0.05, 0.1) is 26.0 Å². The normalized spacial score (nSPS) is 24.8. The lowest BCUT2D eigenvalue weighted by Crippen LogP contribution is -2.51. The van der Waals surface area contributed by atoms with Crippen LogP contribution in [0, 0.1) is 46.3 Å². The summed E-state index contributed by atoms with van der Waals surface area (Å²) >= 11 is 0. The molecule has 3 aromatic rings.